The van der Waals surface area contributed by atoms with E-state index in [9.17, 15) is 0 Å². The molecule has 0 aliphatic carbocycles. The summed E-state index contributed by atoms with van der Waals surface area (Å²) >= 11 is 12.0. The Balaban J connectivity index is 2.53. The average Bonchev–Trinajstić information content (AvgIpc) is 2.32. The Labute approximate surface area is 105 Å². The van der Waals surface area contributed by atoms with Gasteiger partial charge in [-0.05, 0) is 29.8 Å². The van der Waals surface area contributed by atoms with Crippen LogP contribution in [0.1, 0.15) is 0 Å². The van der Waals surface area contributed by atoms with Crippen molar-refractivity contribution >= 4 is 23.2 Å². The summed E-state index contributed by atoms with van der Waals surface area (Å²) in [6.45, 7) is 0. The molecule has 1 nitrogen and oxygen atoms in total. The Bertz CT molecular complexity index is 509. The first-order valence-electron chi connectivity index (χ1n) is 4.72. The number of methoxy groups -OCH3 is 1. The van der Waals surface area contributed by atoms with Gasteiger partial charge in [-0.15, -0.1) is 0 Å². The number of benzene rings is 2. The Kier molecular flexibility index (Phi) is 3.37. The molecule has 2 rings (SSSR count). The molecule has 0 bridgehead atoms. The van der Waals surface area contributed by atoms with Crippen LogP contribution in [0.2, 0.25) is 10.0 Å². The summed E-state index contributed by atoms with van der Waals surface area (Å²) in [6.07, 6.45) is 0. The Morgan fingerprint density at radius 2 is 2.00 bits per heavy atom. The molecule has 0 atom stereocenters. The fourth-order valence-electron chi connectivity index (χ4n) is 1.46. The monoisotopic (exact) mass is 251 g/mol. The second-order valence-electron chi connectivity index (χ2n) is 3.27. The van der Waals surface area contributed by atoms with Gasteiger partial charge >= 0.3 is 0 Å². The van der Waals surface area contributed by atoms with E-state index in [1.165, 1.54) is 0 Å². The predicted molar refractivity (Wildman–Crippen MR) is 67.3 cm³/mol. The first kappa shape index (κ1) is 11.3. The zero-order valence-electron chi connectivity index (χ0n) is 8.63. The number of hydrogen-bond donors (Lipinski definition) is 0. The molecular formula is C13H9Cl2O. The quantitative estimate of drug-likeness (QED) is 0.766. The number of halogens is 2. The van der Waals surface area contributed by atoms with E-state index in [-0.39, 0.29) is 0 Å². The predicted octanol–water partition coefficient (Wildman–Crippen LogP) is 4.47. The molecule has 81 valence electrons. The Morgan fingerprint density at radius 3 is 2.75 bits per heavy atom. The summed E-state index contributed by atoms with van der Waals surface area (Å²) < 4.78 is 5.16. The summed E-state index contributed by atoms with van der Waals surface area (Å²) in [5, 5.41) is 1.17. The molecule has 2 aromatic rings. The number of rotatable bonds is 2. The van der Waals surface area contributed by atoms with Crippen LogP contribution in [0.5, 0.6) is 5.75 Å². The van der Waals surface area contributed by atoms with Crippen LogP contribution in [0.4, 0.5) is 0 Å². The van der Waals surface area contributed by atoms with E-state index in [1.54, 1.807) is 19.2 Å². The Morgan fingerprint density at radius 1 is 1.19 bits per heavy atom. The lowest BCUT2D eigenvalue weighted by Crippen LogP contribution is -1.84. The van der Waals surface area contributed by atoms with Gasteiger partial charge in [0.05, 0.1) is 7.11 Å². The van der Waals surface area contributed by atoms with E-state index in [1.807, 2.05) is 24.3 Å². The first-order chi connectivity index (χ1) is 7.70. The van der Waals surface area contributed by atoms with Crippen molar-refractivity contribution in [1.29, 1.82) is 0 Å². The molecule has 0 saturated heterocycles. The highest BCUT2D eigenvalue weighted by Gasteiger charge is 2.05. The van der Waals surface area contributed by atoms with E-state index in [2.05, 4.69) is 6.07 Å². The molecule has 0 aliphatic rings. The van der Waals surface area contributed by atoms with Crippen molar-refractivity contribution in [2.24, 2.45) is 0 Å². The molecule has 0 N–H and O–H groups in total. The van der Waals surface area contributed by atoms with Crippen LogP contribution in [0.25, 0.3) is 11.1 Å². The maximum absolute atomic E-state index is 6.10. The molecule has 0 saturated carbocycles. The van der Waals surface area contributed by atoms with E-state index in [4.69, 9.17) is 27.9 Å². The molecule has 1 radical (unpaired) electrons. The van der Waals surface area contributed by atoms with Crippen molar-refractivity contribution in [3.8, 4) is 16.9 Å². The molecule has 0 aliphatic heterocycles. The minimum absolute atomic E-state index is 0.544. The van der Waals surface area contributed by atoms with Gasteiger partial charge < -0.3 is 4.74 Å². The lowest BCUT2D eigenvalue weighted by Gasteiger charge is -2.06. The van der Waals surface area contributed by atoms with Gasteiger partial charge in [-0.2, -0.15) is 0 Å². The van der Waals surface area contributed by atoms with E-state index >= 15 is 0 Å². The minimum atomic E-state index is 0.544. The van der Waals surface area contributed by atoms with Crippen molar-refractivity contribution in [2.75, 3.05) is 7.11 Å². The fourth-order valence-corrected chi connectivity index (χ4v) is 1.84. The zero-order valence-corrected chi connectivity index (χ0v) is 10.1. The minimum Gasteiger partial charge on any atom is -0.497 e. The normalized spacial score (nSPS) is 10.2. The topological polar surface area (TPSA) is 9.23 Å². The number of hydrogen-bond acceptors (Lipinski definition) is 1. The van der Waals surface area contributed by atoms with Crippen LogP contribution in [0.3, 0.4) is 0 Å². The molecule has 0 aromatic heterocycles. The average molecular weight is 252 g/mol. The molecule has 0 fully saturated rings. The summed E-state index contributed by atoms with van der Waals surface area (Å²) in [5.41, 5.74) is 1.85. The fraction of sp³-hybridized carbons (Fsp3) is 0.0769. The van der Waals surface area contributed by atoms with Gasteiger partial charge in [-0.3, -0.25) is 0 Å². The maximum Gasteiger partial charge on any atom is 0.119 e. The van der Waals surface area contributed by atoms with Crippen LogP contribution in [-0.4, -0.2) is 7.11 Å². The SMILES string of the molecule is COc1cccc(-c2cc(Cl)[c]cc2Cl)c1. The van der Waals surface area contributed by atoms with Crippen molar-refractivity contribution < 1.29 is 4.74 Å². The highest BCUT2D eigenvalue weighted by molar-refractivity contribution is 6.35. The van der Waals surface area contributed by atoms with E-state index < -0.39 is 0 Å². The largest absolute Gasteiger partial charge is 0.497 e. The van der Waals surface area contributed by atoms with Crippen molar-refractivity contribution in [1.82, 2.24) is 0 Å². The van der Waals surface area contributed by atoms with Gasteiger partial charge in [-0.1, -0.05) is 35.3 Å². The second-order valence-corrected chi connectivity index (χ2v) is 4.09. The lowest BCUT2D eigenvalue weighted by molar-refractivity contribution is 0.415. The second kappa shape index (κ2) is 4.77. The van der Waals surface area contributed by atoms with Gasteiger partial charge in [0.15, 0.2) is 0 Å². The smallest absolute Gasteiger partial charge is 0.119 e. The van der Waals surface area contributed by atoms with Crippen LogP contribution < -0.4 is 4.74 Å². The zero-order chi connectivity index (χ0) is 11.5. The van der Waals surface area contributed by atoms with Crippen LogP contribution in [0, 0.1) is 6.07 Å². The third-order valence-corrected chi connectivity index (χ3v) is 2.78. The molecule has 16 heavy (non-hydrogen) atoms. The summed E-state index contributed by atoms with van der Waals surface area (Å²) in [6, 6.07) is 14.0. The van der Waals surface area contributed by atoms with Gasteiger partial charge in [0.25, 0.3) is 0 Å². The lowest BCUT2D eigenvalue weighted by atomic mass is 10.1. The van der Waals surface area contributed by atoms with Crippen LogP contribution in [0.15, 0.2) is 36.4 Å². The van der Waals surface area contributed by atoms with Crippen LogP contribution in [-0.2, 0) is 0 Å². The van der Waals surface area contributed by atoms with E-state index in [0.717, 1.165) is 16.9 Å². The van der Waals surface area contributed by atoms with Crippen LogP contribution >= 0.6 is 23.2 Å². The van der Waals surface area contributed by atoms with Crippen molar-refractivity contribution in [3.05, 3.63) is 52.5 Å². The van der Waals surface area contributed by atoms with Gasteiger partial charge in [-0.25, -0.2) is 0 Å². The number of ether oxygens (including phenoxy) is 1. The maximum atomic E-state index is 6.10. The van der Waals surface area contributed by atoms with Gasteiger partial charge in [0.2, 0.25) is 0 Å². The standard InChI is InChI=1S/C13H9Cl2O/c1-16-11-4-2-3-9(7-11)12-8-10(14)5-6-13(12)15/h2-4,6-8H,1H3. The first-order valence-corrected chi connectivity index (χ1v) is 5.47. The highest BCUT2D eigenvalue weighted by Crippen LogP contribution is 2.31. The van der Waals surface area contributed by atoms with Crippen molar-refractivity contribution in [3.63, 3.8) is 0 Å². The summed E-state index contributed by atoms with van der Waals surface area (Å²) in [5.74, 6) is 0.789. The summed E-state index contributed by atoms with van der Waals surface area (Å²) in [4.78, 5) is 0. The summed E-state index contributed by atoms with van der Waals surface area (Å²) in [7, 11) is 1.63. The highest BCUT2D eigenvalue weighted by atomic mass is 35.5. The molecule has 0 heterocycles. The van der Waals surface area contributed by atoms with Gasteiger partial charge in [0.1, 0.15) is 5.75 Å². The van der Waals surface area contributed by atoms with E-state index in [0.29, 0.717) is 10.0 Å². The molecule has 0 amide bonds. The third kappa shape index (κ3) is 2.31. The van der Waals surface area contributed by atoms with Gasteiger partial charge in [0, 0.05) is 21.7 Å². The molecular weight excluding hydrogens is 243 g/mol. The molecule has 2 aromatic carbocycles. The molecule has 0 spiro atoms. The molecule has 0 unspecified atom stereocenters. The molecule has 3 heteroatoms. The third-order valence-electron chi connectivity index (χ3n) is 2.25. The van der Waals surface area contributed by atoms with Crippen molar-refractivity contribution in [2.45, 2.75) is 0 Å². The Hall–Kier alpha value is -1.18.